The lowest BCUT2D eigenvalue weighted by Gasteiger charge is -2.59. The van der Waals surface area contributed by atoms with Gasteiger partial charge in [0.25, 0.3) is 0 Å². The Morgan fingerprint density at radius 3 is 2.17 bits per heavy atom. The minimum absolute atomic E-state index is 0.0142. The van der Waals surface area contributed by atoms with E-state index in [-0.39, 0.29) is 53.5 Å². The molecule has 2 aromatic rings. The van der Waals surface area contributed by atoms with E-state index >= 15 is 4.79 Å². The van der Waals surface area contributed by atoms with Gasteiger partial charge in [0, 0.05) is 5.41 Å². The van der Waals surface area contributed by atoms with Crippen LogP contribution < -0.4 is 0 Å². The third kappa shape index (κ3) is 5.53. The van der Waals surface area contributed by atoms with Crippen LogP contribution in [0.4, 0.5) is 0 Å². The number of rotatable bonds is 13. The van der Waals surface area contributed by atoms with E-state index in [1.807, 2.05) is 74.5 Å². The predicted molar refractivity (Wildman–Crippen MR) is 221 cm³/mol. The van der Waals surface area contributed by atoms with Gasteiger partial charge in [0.1, 0.15) is 30.0 Å². The van der Waals surface area contributed by atoms with Crippen molar-refractivity contribution in [3.05, 3.63) is 83.4 Å². The third-order valence-corrected chi connectivity index (χ3v) is 20.6. The molecule has 0 spiro atoms. The van der Waals surface area contributed by atoms with Crippen molar-refractivity contribution in [1.29, 1.82) is 0 Å². The van der Waals surface area contributed by atoms with Crippen LogP contribution in [0.15, 0.2) is 72.3 Å². The molecule has 10 rings (SSSR count). The number of carbonyl (C=O) groups excluding carboxylic acids is 2. The van der Waals surface area contributed by atoms with Gasteiger partial charge >= 0.3 is 11.9 Å². The molecule has 8 bridgehead atoms. The summed E-state index contributed by atoms with van der Waals surface area (Å²) in [6.45, 7) is 21.9. The zero-order valence-corrected chi connectivity index (χ0v) is 37.1. The Morgan fingerprint density at radius 2 is 1.59 bits per heavy atom. The van der Waals surface area contributed by atoms with Gasteiger partial charge in [-0.05, 0) is 92.0 Å². The Kier molecular flexibility index (Phi) is 9.76. The molecule has 10 heteroatoms. The van der Waals surface area contributed by atoms with Crippen molar-refractivity contribution in [2.24, 2.45) is 45.8 Å². The lowest BCUT2D eigenvalue weighted by atomic mass is 9.43. The number of allylic oxidation sites excluding steroid dienone is 1. The summed E-state index contributed by atoms with van der Waals surface area (Å²) < 4.78 is 48.2. The van der Waals surface area contributed by atoms with Crippen LogP contribution in [0.2, 0.25) is 18.1 Å². The first-order valence-electron chi connectivity index (χ1n) is 21.9. The molecule has 3 saturated carbocycles. The van der Waals surface area contributed by atoms with E-state index < -0.39 is 61.2 Å². The first-order valence-corrected chi connectivity index (χ1v) is 24.8. The monoisotopic (exact) mass is 812 g/mol. The molecule has 314 valence electrons. The van der Waals surface area contributed by atoms with Gasteiger partial charge in [0.15, 0.2) is 26.8 Å². The van der Waals surface area contributed by atoms with Crippen molar-refractivity contribution < 1.29 is 42.4 Å². The van der Waals surface area contributed by atoms with E-state index in [0.717, 1.165) is 36.0 Å². The number of aldehydes is 1. The zero-order chi connectivity index (χ0) is 41.2. The van der Waals surface area contributed by atoms with E-state index in [9.17, 15) is 4.79 Å². The summed E-state index contributed by atoms with van der Waals surface area (Å²) in [5.41, 5.74) is -0.269. The van der Waals surface area contributed by atoms with Crippen molar-refractivity contribution in [3.8, 4) is 0 Å². The molecule has 4 saturated heterocycles. The van der Waals surface area contributed by atoms with Gasteiger partial charge < -0.3 is 32.9 Å². The molecule has 0 N–H and O–H groups in total. The summed E-state index contributed by atoms with van der Waals surface area (Å²) in [6, 6.07) is 19.9. The molecule has 4 aliphatic heterocycles. The van der Waals surface area contributed by atoms with Crippen molar-refractivity contribution in [2.75, 3.05) is 6.61 Å². The fourth-order valence-electron chi connectivity index (χ4n) is 12.7. The number of esters is 1. The van der Waals surface area contributed by atoms with E-state index in [4.69, 9.17) is 32.8 Å². The molecule has 4 heterocycles. The van der Waals surface area contributed by atoms with Gasteiger partial charge in [-0.2, -0.15) is 0 Å². The lowest BCUT2D eigenvalue weighted by Crippen LogP contribution is -2.68. The van der Waals surface area contributed by atoms with Gasteiger partial charge in [-0.3, -0.25) is 9.53 Å². The quantitative estimate of drug-likeness (QED) is 0.0849. The maximum Gasteiger partial charge on any atom is 0.318 e. The average molecular weight is 813 g/mol. The summed E-state index contributed by atoms with van der Waals surface area (Å²) in [7, 11) is -2.46. The number of hydrogen-bond donors (Lipinski definition) is 0. The van der Waals surface area contributed by atoms with Crippen LogP contribution in [-0.2, 0) is 42.4 Å². The number of benzene rings is 2. The second kappa shape index (κ2) is 13.9. The van der Waals surface area contributed by atoms with Gasteiger partial charge in [-0.1, -0.05) is 120 Å². The highest BCUT2D eigenvalue weighted by atomic mass is 28.4. The molecule has 7 fully saturated rings. The van der Waals surface area contributed by atoms with Crippen LogP contribution in [0.1, 0.15) is 98.3 Å². The molecular formula is C48H64O9Si. The maximum atomic E-state index is 16.1. The van der Waals surface area contributed by atoms with Crippen LogP contribution in [0.25, 0.3) is 0 Å². The van der Waals surface area contributed by atoms with Gasteiger partial charge in [-0.25, -0.2) is 0 Å². The Balaban J connectivity index is 1.17. The maximum absolute atomic E-state index is 16.1. The number of hydrogen-bond acceptors (Lipinski definition) is 9. The Hall–Kier alpha value is -2.70. The fraction of sp³-hybridized carbons (Fsp3) is 0.667. The summed E-state index contributed by atoms with van der Waals surface area (Å²) in [5, 5.41) is -0.122. The van der Waals surface area contributed by atoms with Crippen LogP contribution in [-0.4, -0.2) is 70.0 Å². The highest BCUT2D eigenvalue weighted by molar-refractivity contribution is 6.74. The molecule has 13 unspecified atom stereocenters. The average Bonchev–Trinajstić information content (AvgIpc) is 3.91. The number of fused-ring (bicyclic) bond motifs is 2. The van der Waals surface area contributed by atoms with E-state index in [0.29, 0.717) is 12.3 Å². The molecule has 13 atom stereocenters. The Bertz CT molecular complexity index is 1890. The largest absolute Gasteiger partial charge is 0.452 e. The van der Waals surface area contributed by atoms with Crippen molar-refractivity contribution in [3.63, 3.8) is 0 Å². The topological polar surface area (TPSA) is 98.8 Å². The molecule has 4 aliphatic carbocycles. The number of carbonyl (C=O) groups is 2. The smallest absolute Gasteiger partial charge is 0.318 e. The Labute approximate surface area is 346 Å². The Morgan fingerprint density at radius 1 is 0.931 bits per heavy atom. The molecule has 58 heavy (non-hydrogen) atoms. The van der Waals surface area contributed by atoms with E-state index in [1.54, 1.807) is 0 Å². The molecule has 0 aromatic heterocycles. The van der Waals surface area contributed by atoms with E-state index in [1.165, 1.54) is 6.29 Å². The predicted octanol–water partition coefficient (Wildman–Crippen LogP) is 9.17. The first kappa shape index (κ1) is 40.7. The SMILES string of the molecule is CC(C)OC1C2OC3(OCC45CC6C(C)CCC6C6(C=O)CC4C=C(C(C)C)C65C(=O)OC(c4ccccc4)c4ccccc4)OC2OC1C3O[Si](C)(C)C(C)(C)C. The normalized spacial score (nSPS) is 40.8. The number of ether oxygens (including phenoxy) is 6. The minimum atomic E-state index is -2.46. The highest BCUT2D eigenvalue weighted by Crippen LogP contribution is 2.83. The summed E-state index contributed by atoms with van der Waals surface area (Å²) in [4.78, 5) is 30.5. The van der Waals surface area contributed by atoms with Crippen LogP contribution >= 0.6 is 0 Å². The molecule has 2 aromatic carbocycles. The summed E-state index contributed by atoms with van der Waals surface area (Å²) in [5.74, 6) is -1.31. The molecule has 8 aliphatic rings. The summed E-state index contributed by atoms with van der Waals surface area (Å²) in [6.07, 6.45) is 3.28. The lowest BCUT2D eigenvalue weighted by molar-refractivity contribution is -0.446. The van der Waals surface area contributed by atoms with Crippen molar-refractivity contribution in [1.82, 2.24) is 0 Å². The molecular weight excluding hydrogens is 749 g/mol. The van der Waals surface area contributed by atoms with Crippen molar-refractivity contribution >= 4 is 20.6 Å². The van der Waals surface area contributed by atoms with Crippen LogP contribution in [0.5, 0.6) is 0 Å². The minimum Gasteiger partial charge on any atom is -0.452 e. The molecule has 9 nitrogen and oxygen atoms in total. The van der Waals surface area contributed by atoms with Crippen LogP contribution in [0, 0.1) is 45.8 Å². The van der Waals surface area contributed by atoms with Crippen molar-refractivity contribution in [2.45, 2.75) is 148 Å². The second-order valence-corrected chi connectivity index (χ2v) is 25.6. The summed E-state index contributed by atoms with van der Waals surface area (Å²) >= 11 is 0. The van der Waals surface area contributed by atoms with Gasteiger partial charge in [0.05, 0.1) is 18.1 Å². The highest BCUT2D eigenvalue weighted by Gasteiger charge is 2.85. The first-order chi connectivity index (χ1) is 27.4. The van der Waals surface area contributed by atoms with Gasteiger partial charge in [0.2, 0.25) is 0 Å². The zero-order valence-electron chi connectivity index (χ0n) is 36.1. The van der Waals surface area contributed by atoms with E-state index in [2.05, 4.69) is 60.7 Å². The standard InChI is InChI=1S/C48H64O9Si/c1-28(2)36-23-33-24-45(26-49)35-22-21-30(5)34(35)25-46(33,47(36,45)43(50)54-37(31-17-13-11-14-18-31)32-19-15-12-16-20-32)27-51-48-41(57-58(9,10)44(6,7)8)39-38(52-29(3)4)40(55-48)42(53-39)56-48/h11-20,23,26,28-30,33-35,37-42H,21-22,24-25,27H2,1-10H3. The van der Waals surface area contributed by atoms with Gasteiger partial charge in [-0.15, -0.1) is 0 Å². The fourth-order valence-corrected chi connectivity index (χ4v) is 14.0. The molecule has 0 amide bonds. The van der Waals surface area contributed by atoms with Crippen LogP contribution in [0.3, 0.4) is 0 Å². The molecule has 0 radical (unpaired) electrons. The second-order valence-electron chi connectivity index (χ2n) is 20.8. The third-order valence-electron chi connectivity index (χ3n) is 16.2.